The zero-order valence-corrected chi connectivity index (χ0v) is 15.3. The number of amides is 1. The van der Waals surface area contributed by atoms with Crippen LogP contribution in [0.5, 0.6) is 0 Å². The topological polar surface area (TPSA) is 75.1 Å². The maximum atomic E-state index is 12.7. The van der Waals surface area contributed by atoms with E-state index in [0.717, 1.165) is 16.5 Å². The number of aromatic nitrogens is 4. The molecule has 1 aliphatic rings. The maximum Gasteiger partial charge on any atom is 0.273 e. The van der Waals surface area contributed by atoms with E-state index in [1.165, 1.54) is 17.7 Å². The van der Waals surface area contributed by atoms with Crippen LogP contribution in [0.1, 0.15) is 10.5 Å². The highest BCUT2D eigenvalue weighted by Crippen LogP contribution is 2.23. The molecule has 1 fully saturated rings. The highest BCUT2D eigenvalue weighted by atomic mass is 35.5. The summed E-state index contributed by atoms with van der Waals surface area (Å²) in [6.07, 6.45) is 3.17. The second-order valence-electron chi connectivity index (χ2n) is 5.73. The average molecular weight is 387 g/mol. The number of halogens is 1. The minimum atomic E-state index is -0.0520. The second-order valence-corrected chi connectivity index (χ2v) is 6.98. The van der Waals surface area contributed by atoms with Gasteiger partial charge < -0.3 is 9.80 Å². The Morgan fingerprint density at radius 3 is 2.69 bits per heavy atom. The van der Waals surface area contributed by atoms with Crippen LogP contribution in [0.25, 0.3) is 10.7 Å². The molecule has 26 heavy (non-hydrogen) atoms. The van der Waals surface area contributed by atoms with E-state index in [-0.39, 0.29) is 5.91 Å². The van der Waals surface area contributed by atoms with Crippen LogP contribution in [-0.4, -0.2) is 56.9 Å². The van der Waals surface area contributed by atoms with Crippen molar-refractivity contribution in [2.45, 2.75) is 0 Å². The molecule has 0 radical (unpaired) electrons. The van der Waals surface area contributed by atoms with Gasteiger partial charge in [0.15, 0.2) is 0 Å². The van der Waals surface area contributed by atoms with Crippen LogP contribution in [0.4, 0.5) is 5.82 Å². The fourth-order valence-corrected chi connectivity index (χ4v) is 3.69. The first kappa shape index (κ1) is 16.9. The number of hydrogen-bond acceptors (Lipinski definition) is 7. The summed E-state index contributed by atoms with van der Waals surface area (Å²) < 4.78 is 0. The van der Waals surface area contributed by atoms with E-state index >= 15 is 0 Å². The lowest BCUT2D eigenvalue weighted by molar-refractivity contribution is 0.0741. The number of carbonyl (C=O) groups is 1. The zero-order chi connectivity index (χ0) is 17.9. The molecule has 3 aromatic heterocycles. The largest absolute Gasteiger partial charge is 0.353 e. The molecule has 0 aromatic carbocycles. The van der Waals surface area contributed by atoms with Gasteiger partial charge in [-0.05, 0) is 12.1 Å². The number of anilines is 1. The molecule has 0 atom stereocenters. The van der Waals surface area contributed by atoms with Crippen LogP contribution in [0, 0.1) is 0 Å². The lowest BCUT2D eigenvalue weighted by Gasteiger charge is -2.35. The molecule has 0 unspecified atom stereocenters. The lowest BCUT2D eigenvalue weighted by atomic mass is 10.3. The molecule has 1 amide bonds. The summed E-state index contributed by atoms with van der Waals surface area (Å²) in [4.78, 5) is 33.5. The van der Waals surface area contributed by atoms with Crippen molar-refractivity contribution in [1.82, 2.24) is 24.8 Å². The van der Waals surface area contributed by atoms with Crippen molar-refractivity contribution < 1.29 is 4.79 Å². The van der Waals surface area contributed by atoms with Crippen molar-refractivity contribution in [3.05, 3.63) is 53.0 Å². The minimum Gasteiger partial charge on any atom is -0.353 e. The van der Waals surface area contributed by atoms with Crippen molar-refractivity contribution >= 4 is 34.7 Å². The normalized spacial score (nSPS) is 14.5. The number of pyridine rings is 1. The van der Waals surface area contributed by atoms with Crippen molar-refractivity contribution in [1.29, 1.82) is 0 Å². The third kappa shape index (κ3) is 3.51. The monoisotopic (exact) mass is 386 g/mol. The number of rotatable bonds is 3. The van der Waals surface area contributed by atoms with Gasteiger partial charge in [-0.15, -0.1) is 11.3 Å². The molecular weight excluding hydrogens is 372 g/mol. The third-order valence-electron chi connectivity index (χ3n) is 4.12. The predicted molar refractivity (Wildman–Crippen MR) is 101 cm³/mol. The fraction of sp³-hybridized carbons (Fsp3) is 0.235. The molecule has 1 saturated heterocycles. The van der Waals surface area contributed by atoms with E-state index in [2.05, 4.69) is 24.8 Å². The Balaban J connectivity index is 1.42. The Morgan fingerprint density at radius 1 is 1.12 bits per heavy atom. The molecular formula is C17H15ClN6OS. The van der Waals surface area contributed by atoms with Gasteiger partial charge in [-0.2, -0.15) is 0 Å². The Hall–Kier alpha value is -2.58. The highest BCUT2D eigenvalue weighted by molar-refractivity contribution is 7.13. The highest BCUT2D eigenvalue weighted by Gasteiger charge is 2.24. The molecule has 0 N–H and O–H groups in total. The average Bonchev–Trinajstić information content (AvgIpc) is 3.18. The number of thiazole rings is 1. The molecule has 0 saturated carbocycles. The summed E-state index contributed by atoms with van der Waals surface area (Å²) in [6.45, 7) is 2.60. The van der Waals surface area contributed by atoms with Crippen LogP contribution >= 0.6 is 22.9 Å². The number of carbonyl (C=O) groups excluding carboxylic acids is 1. The summed E-state index contributed by atoms with van der Waals surface area (Å²) >= 11 is 7.35. The van der Waals surface area contributed by atoms with E-state index in [0.29, 0.717) is 37.0 Å². The van der Waals surface area contributed by atoms with Gasteiger partial charge in [-0.25, -0.2) is 15.0 Å². The lowest BCUT2D eigenvalue weighted by Crippen LogP contribution is -2.49. The van der Waals surface area contributed by atoms with Crippen LogP contribution < -0.4 is 4.90 Å². The molecule has 7 nitrogen and oxygen atoms in total. The first-order valence-electron chi connectivity index (χ1n) is 8.09. The van der Waals surface area contributed by atoms with E-state index in [1.807, 2.05) is 23.1 Å². The summed E-state index contributed by atoms with van der Waals surface area (Å²) in [5.41, 5.74) is 1.25. The van der Waals surface area contributed by atoms with Crippen molar-refractivity contribution in [2.24, 2.45) is 0 Å². The van der Waals surface area contributed by atoms with Crippen LogP contribution in [-0.2, 0) is 0 Å². The van der Waals surface area contributed by atoms with Crippen LogP contribution in [0.3, 0.4) is 0 Å². The maximum absolute atomic E-state index is 12.7. The van der Waals surface area contributed by atoms with Gasteiger partial charge in [-0.1, -0.05) is 17.7 Å². The molecule has 1 aliphatic heterocycles. The molecule has 0 aliphatic carbocycles. The predicted octanol–water partition coefficient (Wildman–Crippen LogP) is 2.61. The van der Waals surface area contributed by atoms with E-state index in [9.17, 15) is 4.79 Å². The van der Waals surface area contributed by atoms with Gasteiger partial charge in [0.1, 0.15) is 28.0 Å². The van der Waals surface area contributed by atoms with Crippen molar-refractivity contribution in [2.75, 3.05) is 31.1 Å². The Kier molecular flexibility index (Phi) is 4.77. The SMILES string of the molecule is O=C(c1csc(-c2ccccn2)n1)N1CCN(c2cc(Cl)ncn2)CC1. The van der Waals surface area contributed by atoms with Gasteiger partial charge in [0.25, 0.3) is 5.91 Å². The van der Waals surface area contributed by atoms with Gasteiger partial charge in [0.05, 0.1) is 5.69 Å². The van der Waals surface area contributed by atoms with Gasteiger partial charge >= 0.3 is 0 Å². The van der Waals surface area contributed by atoms with E-state index < -0.39 is 0 Å². The number of piperazine rings is 1. The first-order chi connectivity index (χ1) is 12.7. The van der Waals surface area contributed by atoms with Crippen molar-refractivity contribution in [3.63, 3.8) is 0 Å². The Morgan fingerprint density at radius 2 is 1.96 bits per heavy atom. The zero-order valence-electron chi connectivity index (χ0n) is 13.7. The smallest absolute Gasteiger partial charge is 0.273 e. The molecule has 0 bridgehead atoms. The van der Waals surface area contributed by atoms with Crippen LogP contribution in [0.2, 0.25) is 5.15 Å². The van der Waals surface area contributed by atoms with Gasteiger partial charge in [-0.3, -0.25) is 9.78 Å². The van der Waals surface area contributed by atoms with Crippen LogP contribution in [0.15, 0.2) is 42.2 Å². The molecule has 0 spiro atoms. The molecule has 3 aromatic rings. The molecule has 4 heterocycles. The first-order valence-corrected chi connectivity index (χ1v) is 9.35. The Labute approximate surface area is 159 Å². The fourth-order valence-electron chi connectivity index (χ4n) is 2.78. The van der Waals surface area contributed by atoms with Gasteiger partial charge in [0, 0.05) is 43.8 Å². The Bertz CT molecular complexity index is 910. The summed E-state index contributed by atoms with van der Waals surface area (Å²) in [6, 6.07) is 7.38. The third-order valence-corrected chi connectivity index (χ3v) is 5.19. The van der Waals surface area contributed by atoms with E-state index in [1.54, 1.807) is 17.6 Å². The molecule has 9 heteroatoms. The summed E-state index contributed by atoms with van der Waals surface area (Å²) in [5, 5.41) is 2.96. The minimum absolute atomic E-state index is 0.0520. The van der Waals surface area contributed by atoms with E-state index in [4.69, 9.17) is 11.6 Å². The number of hydrogen-bond donors (Lipinski definition) is 0. The second kappa shape index (κ2) is 7.35. The van der Waals surface area contributed by atoms with Crippen molar-refractivity contribution in [3.8, 4) is 10.7 Å². The number of nitrogens with zero attached hydrogens (tertiary/aromatic N) is 6. The summed E-state index contributed by atoms with van der Waals surface area (Å²) in [5.74, 6) is 0.729. The standard InChI is InChI=1S/C17H15ClN6OS/c18-14-9-15(21-11-20-14)23-5-7-24(8-6-23)17(25)13-10-26-16(22-13)12-3-1-2-4-19-12/h1-4,9-11H,5-8H2. The summed E-state index contributed by atoms with van der Waals surface area (Å²) in [7, 11) is 0. The molecule has 132 valence electrons. The quantitative estimate of drug-likeness (QED) is 0.644. The van der Waals surface area contributed by atoms with Gasteiger partial charge in [0.2, 0.25) is 0 Å². The molecule has 4 rings (SSSR count).